The first-order valence-corrected chi connectivity index (χ1v) is 7.93. The van der Waals surface area contributed by atoms with Crippen LogP contribution in [-0.2, 0) is 9.47 Å². The van der Waals surface area contributed by atoms with Crippen LogP contribution in [0.25, 0.3) is 22.2 Å². The minimum absolute atomic E-state index is 0.0382. The summed E-state index contributed by atoms with van der Waals surface area (Å²) in [7, 11) is 1.32. The van der Waals surface area contributed by atoms with E-state index in [0.717, 1.165) is 4.57 Å². The van der Waals surface area contributed by atoms with Crippen molar-refractivity contribution >= 4 is 22.2 Å². The van der Waals surface area contributed by atoms with Crippen molar-refractivity contribution in [2.45, 2.75) is 24.5 Å². The molecule has 3 heterocycles. The third-order valence-electron chi connectivity index (χ3n) is 4.46. The summed E-state index contributed by atoms with van der Waals surface area (Å²) in [4.78, 5) is 36.5. The van der Waals surface area contributed by atoms with Gasteiger partial charge in [-0.25, -0.2) is 19.3 Å². The van der Waals surface area contributed by atoms with Crippen LogP contribution in [-0.4, -0.2) is 61.8 Å². The van der Waals surface area contributed by atoms with Gasteiger partial charge in [0.15, 0.2) is 17.4 Å². The van der Waals surface area contributed by atoms with Crippen molar-refractivity contribution in [3.63, 3.8) is 0 Å². The molecule has 3 N–H and O–H groups in total. The Morgan fingerprint density at radius 2 is 1.96 bits per heavy atom. The average molecular weight is 360 g/mol. The highest BCUT2D eigenvalue weighted by Crippen LogP contribution is 2.29. The van der Waals surface area contributed by atoms with Gasteiger partial charge in [-0.15, -0.1) is 0 Å². The van der Waals surface area contributed by atoms with Gasteiger partial charge in [0.25, 0.3) is 5.56 Å². The highest BCUT2D eigenvalue weighted by atomic mass is 16.6. The topological polar surface area (TPSA) is 140 Å². The highest BCUT2D eigenvalue weighted by molar-refractivity contribution is 5.83. The Bertz CT molecular complexity index is 1090. The molecule has 1 fully saturated rings. The molecule has 10 heteroatoms. The number of nitrogens with one attached hydrogen (secondary N) is 1. The summed E-state index contributed by atoms with van der Waals surface area (Å²) in [6.45, 7) is -0.484. The Balaban J connectivity index is 1.94. The number of aromatic nitrogens is 4. The molecular weight excluding hydrogens is 344 g/mol. The normalized spacial score (nSPS) is 26.0. The quantitative estimate of drug-likeness (QED) is 0.500. The molecule has 4 atom stereocenters. The summed E-state index contributed by atoms with van der Waals surface area (Å²) in [5.74, 6) is 0. The fourth-order valence-electron chi connectivity index (χ4n) is 3.17. The van der Waals surface area contributed by atoms with E-state index in [9.17, 15) is 19.8 Å². The molecule has 0 bridgehead atoms. The second kappa shape index (κ2) is 6.25. The van der Waals surface area contributed by atoms with Gasteiger partial charge in [0.1, 0.15) is 18.3 Å². The fourth-order valence-corrected chi connectivity index (χ4v) is 3.17. The van der Waals surface area contributed by atoms with Crippen LogP contribution in [0.3, 0.4) is 0 Å². The van der Waals surface area contributed by atoms with Crippen molar-refractivity contribution in [3.8, 4) is 0 Å². The lowest BCUT2D eigenvalue weighted by Gasteiger charge is -2.19. The Labute approximate surface area is 145 Å². The Morgan fingerprint density at radius 3 is 2.62 bits per heavy atom. The molecule has 1 aliphatic rings. The number of rotatable bonds is 3. The molecule has 136 valence electrons. The van der Waals surface area contributed by atoms with E-state index in [1.54, 1.807) is 24.3 Å². The van der Waals surface area contributed by atoms with E-state index in [1.807, 2.05) is 0 Å². The predicted octanol–water partition coefficient (Wildman–Crippen LogP) is -1.10. The Kier molecular flexibility index (Phi) is 4.04. The van der Waals surface area contributed by atoms with E-state index in [4.69, 9.17) is 9.47 Å². The van der Waals surface area contributed by atoms with Crippen molar-refractivity contribution in [2.24, 2.45) is 0 Å². The average Bonchev–Trinajstić information content (AvgIpc) is 2.95. The number of benzene rings is 1. The van der Waals surface area contributed by atoms with E-state index < -0.39 is 42.4 Å². The van der Waals surface area contributed by atoms with Gasteiger partial charge in [-0.3, -0.25) is 9.78 Å². The van der Waals surface area contributed by atoms with Crippen LogP contribution < -0.4 is 11.2 Å². The molecule has 1 saturated heterocycles. The van der Waals surface area contributed by atoms with E-state index in [-0.39, 0.29) is 11.2 Å². The second-order valence-corrected chi connectivity index (χ2v) is 5.95. The molecule has 2 aromatic heterocycles. The molecular formula is C16H16N4O6. The number of methoxy groups -OCH3 is 1. The highest BCUT2D eigenvalue weighted by Gasteiger charge is 2.46. The first-order chi connectivity index (χ1) is 12.5. The molecule has 26 heavy (non-hydrogen) atoms. The number of aliphatic hydroxyl groups excluding tert-OH is 2. The van der Waals surface area contributed by atoms with Crippen LogP contribution in [0.15, 0.2) is 33.9 Å². The van der Waals surface area contributed by atoms with Gasteiger partial charge in [0.2, 0.25) is 0 Å². The van der Waals surface area contributed by atoms with Gasteiger partial charge in [0, 0.05) is 7.11 Å². The van der Waals surface area contributed by atoms with Gasteiger partial charge in [-0.1, -0.05) is 12.1 Å². The van der Waals surface area contributed by atoms with Gasteiger partial charge in [-0.05, 0) is 12.1 Å². The minimum Gasteiger partial charge on any atom is -0.394 e. The monoisotopic (exact) mass is 360 g/mol. The number of fused-ring (bicyclic) bond motifs is 2. The lowest BCUT2D eigenvalue weighted by atomic mass is 10.1. The van der Waals surface area contributed by atoms with Crippen LogP contribution in [0.5, 0.6) is 0 Å². The zero-order chi connectivity index (χ0) is 18.4. The molecule has 4 rings (SSSR count). The van der Waals surface area contributed by atoms with Gasteiger partial charge < -0.3 is 19.7 Å². The maximum absolute atomic E-state index is 12.9. The Hall–Kier alpha value is -2.66. The van der Waals surface area contributed by atoms with Gasteiger partial charge in [-0.2, -0.15) is 0 Å². The maximum atomic E-state index is 12.9. The molecule has 0 saturated carbocycles. The van der Waals surface area contributed by atoms with E-state index in [0.29, 0.717) is 11.0 Å². The van der Waals surface area contributed by atoms with Crippen molar-refractivity contribution in [3.05, 3.63) is 45.1 Å². The first kappa shape index (κ1) is 16.8. The van der Waals surface area contributed by atoms with E-state index in [1.165, 1.54) is 7.11 Å². The zero-order valence-corrected chi connectivity index (χ0v) is 13.7. The van der Waals surface area contributed by atoms with Crippen molar-refractivity contribution in [1.82, 2.24) is 19.5 Å². The molecule has 1 aliphatic heterocycles. The number of nitrogens with zero attached hydrogens (tertiary/aromatic N) is 3. The standard InChI is InChI=1S/C16H16N4O6/c1-25-12-11(22)9(6-21)26-15(12)20-14(23)10-13(19-16(20)24)18-8-5-3-2-4-7(8)17-10/h2-5,9,11-12,15,21-22H,6H2,1H3,(H,18,19,24)/t9-,11?,12?,15-/m1/s1. The molecule has 0 amide bonds. The van der Waals surface area contributed by atoms with Crippen molar-refractivity contribution in [1.29, 1.82) is 0 Å². The Morgan fingerprint density at radius 1 is 1.27 bits per heavy atom. The lowest BCUT2D eigenvalue weighted by Crippen LogP contribution is -2.43. The summed E-state index contributed by atoms with van der Waals surface area (Å²) >= 11 is 0. The SMILES string of the molecule is COC1C(O)[C@@H](CO)O[C@H]1n1c(=O)[nH]c2nc3ccccc3nc2c1=O. The fraction of sp³-hybridized carbons (Fsp3) is 0.375. The number of para-hydroxylation sites is 2. The molecule has 1 aromatic carbocycles. The maximum Gasteiger partial charge on any atom is 0.332 e. The number of hydrogen-bond donors (Lipinski definition) is 3. The molecule has 10 nitrogen and oxygen atoms in total. The molecule has 3 aromatic rings. The summed E-state index contributed by atoms with van der Waals surface area (Å²) in [5.41, 5.74) is -0.440. The lowest BCUT2D eigenvalue weighted by molar-refractivity contribution is -0.0638. The summed E-state index contributed by atoms with van der Waals surface area (Å²) < 4.78 is 11.5. The number of aromatic amines is 1. The second-order valence-electron chi connectivity index (χ2n) is 5.95. The molecule has 0 aliphatic carbocycles. The molecule has 2 unspecified atom stereocenters. The largest absolute Gasteiger partial charge is 0.394 e. The van der Waals surface area contributed by atoms with Crippen LogP contribution in [0.4, 0.5) is 0 Å². The van der Waals surface area contributed by atoms with Crippen LogP contribution in [0, 0.1) is 0 Å². The van der Waals surface area contributed by atoms with Gasteiger partial charge in [0.05, 0.1) is 17.6 Å². The first-order valence-electron chi connectivity index (χ1n) is 7.93. The van der Waals surface area contributed by atoms with Crippen molar-refractivity contribution in [2.75, 3.05) is 13.7 Å². The number of ether oxygens (including phenoxy) is 2. The predicted molar refractivity (Wildman–Crippen MR) is 89.7 cm³/mol. The number of H-pyrrole nitrogens is 1. The third kappa shape index (κ3) is 2.42. The number of aliphatic hydroxyl groups is 2. The molecule has 0 spiro atoms. The van der Waals surface area contributed by atoms with Crippen molar-refractivity contribution < 1.29 is 19.7 Å². The van der Waals surface area contributed by atoms with Crippen LogP contribution >= 0.6 is 0 Å². The van der Waals surface area contributed by atoms with E-state index >= 15 is 0 Å². The minimum atomic E-state index is -1.21. The third-order valence-corrected chi connectivity index (χ3v) is 4.46. The van der Waals surface area contributed by atoms with Crippen LogP contribution in [0.2, 0.25) is 0 Å². The summed E-state index contributed by atoms with van der Waals surface area (Å²) in [6, 6.07) is 6.95. The zero-order valence-electron chi connectivity index (χ0n) is 13.7. The number of hydrogen-bond acceptors (Lipinski definition) is 8. The summed E-state index contributed by atoms with van der Waals surface area (Å²) in [5, 5.41) is 19.5. The van der Waals surface area contributed by atoms with E-state index in [2.05, 4.69) is 15.0 Å². The summed E-state index contributed by atoms with van der Waals surface area (Å²) in [6.07, 6.45) is -4.38. The molecule has 0 radical (unpaired) electrons. The van der Waals surface area contributed by atoms with Gasteiger partial charge >= 0.3 is 5.69 Å². The smallest absolute Gasteiger partial charge is 0.332 e. The van der Waals surface area contributed by atoms with Crippen LogP contribution in [0.1, 0.15) is 6.23 Å².